The Morgan fingerprint density at radius 1 is 1.11 bits per heavy atom. The first-order valence-electron chi connectivity index (χ1n) is 7.03. The molecule has 0 radical (unpaired) electrons. The van der Waals surface area contributed by atoms with E-state index in [0.29, 0.717) is 5.41 Å². The zero-order valence-corrected chi connectivity index (χ0v) is 11.5. The Hall–Kier alpha value is -1.54. The van der Waals surface area contributed by atoms with Crippen molar-refractivity contribution in [2.75, 3.05) is 25.6 Å². The second kappa shape index (κ2) is 5.22. The Morgan fingerprint density at radius 3 is 2.63 bits per heavy atom. The topological polar surface area (TPSA) is 21.3 Å². The van der Waals surface area contributed by atoms with Crippen LogP contribution in [0.25, 0.3) is 10.8 Å². The maximum Gasteiger partial charge on any atom is 0.0468 e. The summed E-state index contributed by atoms with van der Waals surface area (Å²) in [7, 11) is 1.78. The molecule has 0 aromatic heterocycles. The fourth-order valence-electron chi connectivity index (χ4n) is 2.60. The first-order valence-corrected chi connectivity index (χ1v) is 7.03. The molecule has 1 N–H and O–H groups in total. The highest BCUT2D eigenvalue weighted by molar-refractivity contribution is 5.85. The molecule has 0 spiro atoms. The van der Waals surface area contributed by atoms with Crippen LogP contribution in [0.15, 0.2) is 42.5 Å². The average Bonchev–Trinajstić information content (AvgIpc) is 3.23. The monoisotopic (exact) mass is 255 g/mol. The van der Waals surface area contributed by atoms with E-state index in [1.54, 1.807) is 7.11 Å². The summed E-state index contributed by atoms with van der Waals surface area (Å²) < 4.78 is 5.20. The normalized spacial score (nSPS) is 16.5. The van der Waals surface area contributed by atoms with Crippen molar-refractivity contribution in [1.82, 2.24) is 0 Å². The number of ether oxygens (including phenoxy) is 1. The van der Waals surface area contributed by atoms with E-state index in [-0.39, 0.29) is 0 Å². The van der Waals surface area contributed by atoms with E-state index in [1.807, 2.05) is 0 Å². The summed E-state index contributed by atoms with van der Waals surface area (Å²) in [5.74, 6) is 0. The van der Waals surface area contributed by atoms with Crippen LogP contribution in [0.1, 0.15) is 19.3 Å². The number of anilines is 1. The van der Waals surface area contributed by atoms with Gasteiger partial charge in [0.25, 0.3) is 0 Å². The van der Waals surface area contributed by atoms with Crippen LogP contribution in [0.2, 0.25) is 0 Å². The van der Waals surface area contributed by atoms with Crippen LogP contribution in [-0.2, 0) is 4.74 Å². The number of fused-ring (bicyclic) bond motifs is 1. The van der Waals surface area contributed by atoms with Crippen LogP contribution in [0.5, 0.6) is 0 Å². The molecule has 0 unspecified atom stereocenters. The van der Waals surface area contributed by atoms with Gasteiger partial charge in [0.15, 0.2) is 0 Å². The van der Waals surface area contributed by atoms with Gasteiger partial charge in [0.2, 0.25) is 0 Å². The van der Waals surface area contributed by atoms with Crippen molar-refractivity contribution in [3.05, 3.63) is 42.5 Å². The smallest absolute Gasteiger partial charge is 0.0468 e. The molecule has 1 aliphatic carbocycles. The van der Waals surface area contributed by atoms with Gasteiger partial charge in [0.05, 0.1) is 0 Å². The van der Waals surface area contributed by atoms with E-state index in [1.165, 1.54) is 35.7 Å². The van der Waals surface area contributed by atoms with Gasteiger partial charge in [0, 0.05) is 25.9 Å². The van der Waals surface area contributed by atoms with E-state index in [9.17, 15) is 0 Å². The minimum Gasteiger partial charge on any atom is -0.385 e. The molecule has 0 bridgehead atoms. The second-order valence-electron chi connectivity index (χ2n) is 5.66. The minimum atomic E-state index is 0.488. The molecular formula is C17H21NO. The maximum absolute atomic E-state index is 5.20. The number of hydrogen-bond acceptors (Lipinski definition) is 2. The highest BCUT2D eigenvalue weighted by Gasteiger charge is 2.41. The average molecular weight is 255 g/mol. The van der Waals surface area contributed by atoms with E-state index < -0.39 is 0 Å². The van der Waals surface area contributed by atoms with Crippen LogP contribution in [0.4, 0.5) is 5.69 Å². The number of methoxy groups -OCH3 is 1. The van der Waals surface area contributed by atoms with Crippen LogP contribution in [0, 0.1) is 5.41 Å². The van der Waals surface area contributed by atoms with Gasteiger partial charge in [-0.1, -0.05) is 30.3 Å². The van der Waals surface area contributed by atoms with E-state index >= 15 is 0 Å². The Morgan fingerprint density at radius 2 is 1.89 bits per heavy atom. The van der Waals surface area contributed by atoms with Gasteiger partial charge in [-0.3, -0.25) is 0 Å². The van der Waals surface area contributed by atoms with E-state index in [4.69, 9.17) is 4.74 Å². The zero-order valence-electron chi connectivity index (χ0n) is 11.5. The molecule has 2 nitrogen and oxygen atoms in total. The molecule has 2 heteroatoms. The molecular weight excluding hydrogens is 234 g/mol. The minimum absolute atomic E-state index is 0.488. The maximum atomic E-state index is 5.20. The quantitative estimate of drug-likeness (QED) is 0.840. The lowest BCUT2D eigenvalue weighted by Crippen LogP contribution is -2.17. The van der Waals surface area contributed by atoms with Crippen molar-refractivity contribution >= 4 is 16.5 Å². The number of hydrogen-bond donors (Lipinski definition) is 1. The molecule has 0 saturated heterocycles. The molecule has 1 aliphatic rings. The van der Waals surface area contributed by atoms with Crippen LogP contribution in [0.3, 0.4) is 0 Å². The van der Waals surface area contributed by atoms with Crippen molar-refractivity contribution in [2.45, 2.75) is 19.3 Å². The fourth-order valence-corrected chi connectivity index (χ4v) is 2.60. The lowest BCUT2D eigenvalue weighted by atomic mass is 10.0. The highest BCUT2D eigenvalue weighted by atomic mass is 16.5. The van der Waals surface area contributed by atoms with Gasteiger partial charge in [-0.05, 0) is 47.6 Å². The van der Waals surface area contributed by atoms with Crippen molar-refractivity contribution < 1.29 is 4.74 Å². The summed E-state index contributed by atoms with van der Waals surface area (Å²) in [4.78, 5) is 0. The van der Waals surface area contributed by atoms with E-state index in [2.05, 4.69) is 47.8 Å². The Balaban J connectivity index is 1.65. The Labute approximate surface area is 114 Å². The molecule has 1 fully saturated rings. The molecule has 0 aliphatic heterocycles. The second-order valence-corrected chi connectivity index (χ2v) is 5.66. The third-order valence-corrected chi connectivity index (χ3v) is 4.21. The number of rotatable bonds is 6. The zero-order chi connectivity index (χ0) is 13.1. The van der Waals surface area contributed by atoms with Crippen LogP contribution in [-0.4, -0.2) is 20.3 Å². The first kappa shape index (κ1) is 12.5. The third kappa shape index (κ3) is 2.90. The molecule has 100 valence electrons. The summed E-state index contributed by atoms with van der Waals surface area (Å²) in [5.41, 5.74) is 1.71. The molecule has 2 aromatic rings. The lowest BCUT2D eigenvalue weighted by molar-refractivity contribution is 0.175. The summed E-state index contributed by atoms with van der Waals surface area (Å²) in [6.07, 6.45) is 3.83. The fraction of sp³-hybridized carbons (Fsp3) is 0.412. The third-order valence-electron chi connectivity index (χ3n) is 4.21. The van der Waals surface area contributed by atoms with Crippen LogP contribution < -0.4 is 5.32 Å². The molecule has 0 atom stereocenters. The molecule has 1 saturated carbocycles. The summed E-state index contributed by atoms with van der Waals surface area (Å²) >= 11 is 0. The number of nitrogens with one attached hydrogen (secondary N) is 1. The SMILES string of the molecule is COCCC1(CNc2ccc3ccccc3c2)CC1. The Kier molecular flexibility index (Phi) is 3.43. The standard InChI is InChI=1S/C17H21NO/c1-19-11-10-17(8-9-17)13-18-16-7-6-14-4-2-3-5-15(14)12-16/h2-7,12,18H,8-11,13H2,1H3. The molecule has 3 rings (SSSR count). The molecule has 19 heavy (non-hydrogen) atoms. The predicted molar refractivity (Wildman–Crippen MR) is 80.6 cm³/mol. The summed E-state index contributed by atoms with van der Waals surface area (Å²) in [6.45, 7) is 1.94. The summed E-state index contributed by atoms with van der Waals surface area (Å²) in [6, 6.07) is 15.1. The Bertz CT molecular complexity index is 560. The highest BCUT2D eigenvalue weighted by Crippen LogP contribution is 2.48. The number of benzene rings is 2. The molecule has 0 amide bonds. The van der Waals surface area contributed by atoms with Crippen molar-refractivity contribution in [3.8, 4) is 0 Å². The van der Waals surface area contributed by atoms with Gasteiger partial charge in [0.1, 0.15) is 0 Å². The van der Waals surface area contributed by atoms with Crippen LogP contribution >= 0.6 is 0 Å². The van der Waals surface area contributed by atoms with Gasteiger partial charge in [-0.15, -0.1) is 0 Å². The van der Waals surface area contributed by atoms with Gasteiger partial charge < -0.3 is 10.1 Å². The van der Waals surface area contributed by atoms with Gasteiger partial charge in [-0.25, -0.2) is 0 Å². The molecule has 0 heterocycles. The first-order chi connectivity index (χ1) is 9.31. The van der Waals surface area contributed by atoms with Crippen molar-refractivity contribution in [2.24, 2.45) is 5.41 Å². The van der Waals surface area contributed by atoms with Crippen molar-refractivity contribution in [3.63, 3.8) is 0 Å². The largest absolute Gasteiger partial charge is 0.385 e. The predicted octanol–water partition coefficient (Wildman–Crippen LogP) is 4.07. The van der Waals surface area contributed by atoms with Gasteiger partial charge in [-0.2, -0.15) is 0 Å². The van der Waals surface area contributed by atoms with Crippen molar-refractivity contribution in [1.29, 1.82) is 0 Å². The lowest BCUT2D eigenvalue weighted by Gasteiger charge is -2.16. The molecule has 2 aromatic carbocycles. The van der Waals surface area contributed by atoms with Gasteiger partial charge >= 0.3 is 0 Å². The summed E-state index contributed by atoms with van der Waals surface area (Å²) in [5, 5.41) is 6.19. The van der Waals surface area contributed by atoms with E-state index in [0.717, 1.165) is 13.2 Å².